The molecule has 0 radical (unpaired) electrons. The lowest BCUT2D eigenvalue weighted by Crippen LogP contribution is -2.57. The van der Waals surface area contributed by atoms with Crippen molar-refractivity contribution in [2.75, 3.05) is 13.2 Å². The Morgan fingerprint density at radius 1 is 1.15 bits per heavy atom. The Kier molecular flexibility index (Phi) is 4.68. The zero-order valence-corrected chi connectivity index (χ0v) is 16.3. The number of hydrogen-bond acceptors (Lipinski definition) is 3. The van der Waals surface area contributed by atoms with Crippen LogP contribution in [0.1, 0.15) is 32.8 Å². The van der Waals surface area contributed by atoms with Gasteiger partial charge in [0.2, 0.25) is 0 Å². The van der Waals surface area contributed by atoms with E-state index in [2.05, 4.69) is 48.5 Å². The summed E-state index contributed by atoms with van der Waals surface area (Å²) in [4.78, 5) is 14.6. The number of morpholine rings is 1. The minimum atomic E-state index is -0.487. The summed E-state index contributed by atoms with van der Waals surface area (Å²) in [5, 5.41) is 2.57. The Bertz CT molecular complexity index is 875. The van der Waals surface area contributed by atoms with E-state index in [1.807, 2.05) is 25.7 Å². The highest BCUT2D eigenvalue weighted by molar-refractivity contribution is 5.85. The molecule has 2 bridgehead atoms. The largest absolute Gasteiger partial charge is 0.444 e. The molecular weight excluding hydrogens is 338 g/mol. The van der Waals surface area contributed by atoms with Gasteiger partial charge in [-0.2, -0.15) is 0 Å². The summed E-state index contributed by atoms with van der Waals surface area (Å²) in [7, 11) is 0. The van der Waals surface area contributed by atoms with E-state index in [0.717, 1.165) is 12.8 Å². The van der Waals surface area contributed by atoms with Gasteiger partial charge in [-0.05, 0) is 49.9 Å². The van der Waals surface area contributed by atoms with Crippen LogP contribution in [0.25, 0.3) is 10.8 Å². The molecule has 0 aliphatic carbocycles. The van der Waals surface area contributed by atoms with Crippen molar-refractivity contribution < 1.29 is 14.3 Å². The highest BCUT2D eigenvalue weighted by Gasteiger charge is 2.39. The Morgan fingerprint density at radius 3 is 2.70 bits per heavy atom. The van der Waals surface area contributed by atoms with E-state index >= 15 is 0 Å². The number of nitrogens with zero attached hydrogens (tertiary/aromatic N) is 1. The average molecular weight is 365 g/mol. The van der Waals surface area contributed by atoms with E-state index in [0.29, 0.717) is 13.2 Å². The lowest BCUT2D eigenvalue weighted by atomic mass is 9.89. The Balaban J connectivity index is 1.58. The monoisotopic (exact) mass is 365 g/mol. The van der Waals surface area contributed by atoms with Gasteiger partial charge in [0.15, 0.2) is 0 Å². The van der Waals surface area contributed by atoms with Crippen LogP contribution in [0.2, 0.25) is 0 Å². The van der Waals surface area contributed by atoms with Crippen molar-refractivity contribution in [2.45, 2.75) is 51.3 Å². The number of amides is 1. The number of hydrogen-bond donors (Lipinski definition) is 0. The first kappa shape index (κ1) is 18.1. The molecule has 2 aromatic carbocycles. The summed E-state index contributed by atoms with van der Waals surface area (Å²) in [5.74, 6) is 0. The van der Waals surface area contributed by atoms with Gasteiger partial charge in [0.05, 0.1) is 25.3 Å². The van der Waals surface area contributed by atoms with Crippen molar-refractivity contribution in [3.63, 3.8) is 0 Å². The number of ether oxygens (including phenoxy) is 2. The smallest absolute Gasteiger partial charge is 0.411 e. The van der Waals surface area contributed by atoms with Gasteiger partial charge in [-0.1, -0.05) is 54.1 Å². The maximum absolute atomic E-state index is 12.7. The number of carbonyl (C=O) groups excluding carboxylic acids is 1. The van der Waals surface area contributed by atoms with Crippen LogP contribution in [0.15, 0.2) is 54.1 Å². The molecule has 0 saturated carbocycles. The van der Waals surface area contributed by atoms with Crippen LogP contribution >= 0.6 is 0 Å². The average Bonchev–Trinajstić information content (AvgIpc) is 2.60. The van der Waals surface area contributed by atoms with Gasteiger partial charge in [0.1, 0.15) is 5.60 Å². The van der Waals surface area contributed by atoms with Gasteiger partial charge in [0.25, 0.3) is 0 Å². The summed E-state index contributed by atoms with van der Waals surface area (Å²) in [5.41, 5.74) is 2.23. The third-order valence-electron chi connectivity index (χ3n) is 5.18. The van der Waals surface area contributed by atoms with Crippen molar-refractivity contribution in [3.8, 4) is 0 Å². The van der Waals surface area contributed by atoms with Gasteiger partial charge < -0.3 is 9.47 Å². The zero-order valence-electron chi connectivity index (χ0n) is 16.3. The molecule has 4 heteroatoms. The van der Waals surface area contributed by atoms with Gasteiger partial charge in [-0.15, -0.1) is 0 Å². The normalized spacial score (nSPS) is 22.5. The molecular formula is C23H27NO3. The second kappa shape index (κ2) is 7.01. The van der Waals surface area contributed by atoms with E-state index in [1.54, 1.807) is 0 Å². The summed E-state index contributed by atoms with van der Waals surface area (Å²) >= 11 is 0. The second-order valence-corrected chi connectivity index (χ2v) is 8.49. The first-order valence-electron chi connectivity index (χ1n) is 9.66. The van der Waals surface area contributed by atoms with E-state index in [1.165, 1.54) is 21.9 Å². The topological polar surface area (TPSA) is 38.8 Å². The Labute approximate surface area is 160 Å². The number of benzene rings is 2. The van der Waals surface area contributed by atoms with Crippen molar-refractivity contribution in [3.05, 3.63) is 59.7 Å². The molecule has 4 rings (SSSR count). The van der Waals surface area contributed by atoms with E-state index in [-0.39, 0.29) is 18.2 Å². The van der Waals surface area contributed by atoms with Crippen LogP contribution in [-0.4, -0.2) is 41.9 Å². The van der Waals surface area contributed by atoms with Gasteiger partial charge in [0, 0.05) is 0 Å². The zero-order chi connectivity index (χ0) is 19.0. The summed E-state index contributed by atoms with van der Waals surface area (Å²) in [6, 6.07) is 15.0. The predicted molar refractivity (Wildman–Crippen MR) is 107 cm³/mol. The summed E-state index contributed by atoms with van der Waals surface area (Å²) in [6.07, 6.45) is 3.72. The van der Waals surface area contributed by atoms with Gasteiger partial charge in [-0.25, -0.2) is 4.79 Å². The van der Waals surface area contributed by atoms with E-state index in [4.69, 9.17) is 9.47 Å². The first-order chi connectivity index (χ1) is 12.9. The fraction of sp³-hybridized carbons (Fsp3) is 0.435. The molecule has 2 aliphatic rings. The van der Waals surface area contributed by atoms with Gasteiger partial charge in [-0.3, -0.25) is 4.90 Å². The molecule has 4 nitrogen and oxygen atoms in total. The Morgan fingerprint density at radius 2 is 1.93 bits per heavy atom. The second-order valence-electron chi connectivity index (χ2n) is 8.49. The van der Waals surface area contributed by atoms with Crippen molar-refractivity contribution in [1.29, 1.82) is 0 Å². The maximum Gasteiger partial charge on any atom is 0.411 e. The van der Waals surface area contributed by atoms with E-state index < -0.39 is 5.60 Å². The fourth-order valence-electron chi connectivity index (χ4n) is 4.11. The number of carbonyl (C=O) groups is 1. The number of fused-ring (bicyclic) bond motifs is 3. The van der Waals surface area contributed by atoms with Crippen LogP contribution in [0, 0.1) is 0 Å². The standard InChI is InChI=1S/C23H27NO3/c1-23(2,3)27-22(25)24-19-12-16(13-20(24)15-26-14-19)11-18-9-6-8-17-7-4-5-10-21(17)18/h4-10,12,19-20H,11,13-15H2,1-3H3. The first-order valence-corrected chi connectivity index (χ1v) is 9.66. The highest BCUT2D eigenvalue weighted by Crippen LogP contribution is 2.31. The molecule has 2 unspecified atom stereocenters. The molecule has 0 spiro atoms. The molecule has 0 aromatic heterocycles. The van der Waals surface area contributed by atoms with Gasteiger partial charge >= 0.3 is 6.09 Å². The number of rotatable bonds is 2. The van der Waals surface area contributed by atoms with Crippen molar-refractivity contribution in [1.82, 2.24) is 4.90 Å². The molecule has 2 heterocycles. The predicted octanol–water partition coefficient (Wildman–Crippen LogP) is 4.72. The molecule has 1 fully saturated rings. The quantitative estimate of drug-likeness (QED) is 0.723. The third kappa shape index (κ3) is 3.86. The molecule has 2 aromatic rings. The van der Waals surface area contributed by atoms with Crippen LogP contribution in [0.4, 0.5) is 4.79 Å². The van der Waals surface area contributed by atoms with Crippen LogP contribution < -0.4 is 0 Å². The minimum absolute atomic E-state index is 0.0441. The molecule has 1 amide bonds. The molecule has 1 saturated heterocycles. The minimum Gasteiger partial charge on any atom is -0.444 e. The molecule has 2 aliphatic heterocycles. The fourth-order valence-corrected chi connectivity index (χ4v) is 4.11. The molecule has 27 heavy (non-hydrogen) atoms. The SMILES string of the molecule is CC(C)(C)OC(=O)N1C2C=C(Cc3cccc4ccccc34)CC1COC2. The lowest BCUT2D eigenvalue weighted by Gasteiger charge is -2.44. The molecule has 142 valence electrons. The van der Waals surface area contributed by atoms with Crippen LogP contribution in [0.3, 0.4) is 0 Å². The third-order valence-corrected chi connectivity index (χ3v) is 5.18. The lowest BCUT2D eigenvalue weighted by molar-refractivity contribution is -0.0536. The van der Waals surface area contributed by atoms with Crippen LogP contribution in [0.5, 0.6) is 0 Å². The summed E-state index contributed by atoms with van der Waals surface area (Å²) in [6.45, 7) is 6.83. The van der Waals surface area contributed by atoms with Crippen molar-refractivity contribution in [2.24, 2.45) is 0 Å². The highest BCUT2D eigenvalue weighted by atomic mass is 16.6. The van der Waals surface area contributed by atoms with E-state index in [9.17, 15) is 4.79 Å². The molecule has 2 atom stereocenters. The Hall–Kier alpha value is -2.33. The summed E-state index contributed by atoms with van der Waals surface area (Å²) < 4.78 is 11.3. The van der Waals surface area contributed by atoms with Crippen molar-refractivity contribution >= 4 is 16.9 Å². The van der Waals surface area contributed by atoms with Crippen LogP contribution in [-0.2, 0) is 15.9 Å². The maximum atomic E-state index is 12.7. The molecule has 0 N–H and O–H groups in total.